The molecule has 0 unspecified atom stereocenters. The summed E-state index contributed by atoms with van der Waals surface area (Å²) < 4.78 is 9.66. The molecule has 0 radical (unpaired) electrons. The molecule has 0 N–H and O–H groups in total. The zero-order chi connectivity index (χ0) is 13.5. The fourth-order valence-electron chi connectivity index (χ4n) is 1.25. The van der Waals surface area contributed by atoms with E-state index in [0.29, 0.717) is 10.6 Å². The number of hydrogen-bond acceptors (Lipinski definition) is 4. The van der Waals surface area contributed by atoms with Gasteiger partial charge in [-0.15, -0.1) is 0 Å². The van der Waals surface area contributed by atoms with Crippen molar-refractivity contribution in [1.82, 2.24) is 0 Å². The van der Waals surface area contributed by atoms with E-state index in [-0.39, 0.29) is 12.4 Å². The summed E-state index contributed by atoms with van der Waals surface area (Å²) in [4.78, 5) is 22.7. The Bertz CT molecular complexity index is 462. The van der Waals surface area contributed by atoms with E-state index in [1.165, 1.54) is 7.11 Å². The summed E-state index contributed by atoms with van der Waals surface area (Å²) in [6.45, 7) is 1.78. The largest absolute Gasteiger partial charge is 0.496 e. The summed E-state index contributed by atoms with van der Waals surface area (Å²) in [6.07, 6.45) is 1.10. The topological polar surface area (TPSA) is 52.6 Å². The first-order chi connectivity index (χ1) is 8.58. The average Bonchev–Trinajstić information content (AvgIpc) is 2.37. The standard InChI is InChI=1S/C13H13ClO4/c1-3-18-13(16)11(15)8-12(17-2)9-4-6-10(14)7-5-9/h4-8H,3H2,1-2H3/b12-8+. The Balaban J connectivity index is 2.92. The molecule has 0 amide bonds. The predicted molar refractivity (Wildman–Crippen MR) is 68.1 cm³/mol. The smallest absolute Gasteiger partial charge is 0.379 e. The van der Waals surface area contributed by atoms with E-state index in [2.05, 4.69) is 4.74 Å². The minimum Gasteiger partial charge on any atom is -0.496 e. The first-order valence-electron chi connectivity index (χ1n) is 5.31. The van der Waals surface area contributed by atoms with E-state index < -0.39 is 11.8 Å². The van der Waals surface area contributed by atoms with Crippen molar-refractivity contribution in [2.75, 3.05) is 13.7 Å². The second kappa shape index (κ2) is 6.81. The monoisotopic (exact) mass is 268 g/mol. The maximum atomic E-state index is 11.5. The second-order valence-corrected chi connectivity index (χ2v) is 3.74. The molecular weight excluding hydrogens is 256 g/mol. The van der Waals surface area contributed by atoms with Gasteiger partial charge in [-0.25, -0.2) is 4.79 Å². The van der Waals surface area contributed by atoms with E-state index >= 15 is 0 Å². The molecular formula is C13H13ClO4. The molecule has 0 heterocycles. The third-order valence-corrected chi connectivity index (χ3v) is 2.34. The Hall–Kier alpha value is -1.81. The molecule has 0 fully saturated rings. The van der Waals surface area contributed by atoms with E-state index in [0.717, 1.165) is 6.08 Å². The van der Waals surface area contributed by atoms with Crippen LogP contribution in [-0.4, -0.2) is 25.5 Å². The fourth-order valence-corrected chi connectivity index (χ4v) is 1.38. The van der Waals surface area contributed by atoms with Gasteiger partial charge >= 0.3 is 5.97 Å². The normalized spacial score (nSPS) is 10.9. The van der Waals surface area contributed by atoms with Crippen molar-refractivity contribution >= 4 is 29.1 Å². The molecule has 0 aliphatic rings. The third-order valence-electron chi connectivity index (χ3n) is 2.09. The SMILES string of the molecule is CCOC(=O)C(=O)/C=C(/OC)c1ccc(Cl)cc1. The molecule has 96 valence electrons. The van der Waals surface area contributed by atoms with Crippen LogP contribution >= 0.6 is 11.6 Å². The van der Waals surface area contributed by atoms with Crippen molar-refractivity contribution in [2.24, 2.45) is 0 Å². The summed E-state index contributed by atoms with van der Waals surface area (Å²) in [7, 11) is 1.42. The number of carbonyl (C=O) groups is 2. The summed E-state index contributed by atoms with van der Waals surface area (Å²) >= 11 is 5.76. The van der Waals surface area contributed by atoms with Crippen LogP contribution in [0.2, 0.25) is 5.02 Å². The molecule has 0 saturated heterocycles. The predicted octanol–water partition coefficient (Wildman–Crippen LogP) is 2.46. The van der Waals surface area contributed by atoms with Gasteiger partial charge in [-0.3, -0.25) is 4.79 Å². The number of halogens is 1. The molecule has 0 spiro atoms. The van der Waals surface area contributed by atoms with Crippen LogP contribution in [0, 0.1) is 0 Å². The second-order valence-electron chi connectivity index (χ2n) is 3.30. The Morgan fingerprint density at radius 3 is 2.39 bits per heavy atom. The van der Waals surface area contributed by atoms with Gasteiger partial charge in [0.15, 0.2) is 0 Å². The van der Waals surface area contributed by atoms with Gasteiger partial charge < -0.3 is 9.47 Å². The van der Waals surface area contributed by atoms with Crippen LogP contribution < -0.4 is 0 Å². The lowest BCUT2D eigenvalue weighted by Gasteiger charge is -2.06. The highest BCUT2D eigenvalue weighted by molar-refractivity contribution is 6.39. The molecule has 0 saturated carbocycles. The first-order valence-corrected chi connectivity index (χ1v) is 5.69. The van der Waals surface area contributed by atoms with Crippen molar-refractivity contribution in [2.45, 2.75) is 6.92 Å². The highest BCUT2D eigenvalue weighted by atomic mass is 35.5. The van der Waals surface area contributed by atoms with Crippen molar-refractivity contribution in [3.05, 3.63) is 40.9 Å². The minimum absolute atomic E-state index is 0.154. The number of hydrogen-bond donors (Lipinski definition) is 0. The van der Waals surface area contributed by atoms with Gasteiger partial charge in [0.05, 0.1) is 13.7 Å². The molecule has 1 aromatic carbocycles. The highest BCUT2D eigenvalue weighted by Gasteiger charge is 2.14. The van der Waals surface area contributed by atoms with Crippen molar-refractivity contribution in [3.8, 4) is 0 Å². The Kier molecular flexibility index (Phi) is 5.39. The first kappa shape index (κ1) is 14.3. The van der Waals surface area contributed by atoms with Gasteiger partial charge in [-0.1, -0.05) is 11.6 Å². The van der Waals surface area contributed by atoms with Gasteiger partial charge in [0.1, 0.15) is 5.76 Å². The van der Waals surface area contributed by atoms with Gasteiger partial charge in [-0.2, -0.15) is 0 Å². The van der Waals surface area contributed by atoms with Gasteiger partial charge in [0.2, 0.25) is 0 Å². The van der Waals surface area contributed by atoms with Gasteiger partial charge in [0, 0.05) is 16.7 Å². The van der Waals surface area contributed by atoms with Crippen LogP contribution in [0.4, 0.5) is 0 Å². The highest BCUT2D eigenvalue weighted by Crippen LogP contribution is 2.18. The molecule has 0 aliphatic carbocycles. The number of ketones is 1. The molecule has 0 aliphatic heterocycles. The fraction of sp³-hybridized carbons (Fsp3) is 0.231. The van der Waals surface area contributed by atoms with Crippen LogP contribution in [0.25, 0.3) is 5.76 Å². The van der Waals surface area contributed by atoms with Crippen molar-refractivity contribution in [1.29, 1.82) is 0 Å². The Morgan fingerprint density at radius 2 is 1.89 bits per heavy atom. The van der Waals surface area contributed by atoms with Crippen LogP contribution in [0.1, 0.15) is 12.5 Å². The van der Waals surface area contributed by atoms with Crippen LogP contribution in [0.5, 0.6) is 0 Å². The van der Waals surface area contributed by atoms with E-state index in [4.69, 9.17) is 16.3 Å². The van der Waals surface area contributed by atoms with Crippen LogP contribution in [0.3, 0.4) is 0 Å². The number of ether oxygens (including phenoxy) is 2. The number of benzene rings is 1. The third kappa shape index (κ3) is 3.89. The van der Waals surface area contributed by atoms with E-state index in [9.17, 15) is 9.59 Å². The van der Waals surface area contributed by atoms with E-state index in [1.807, 2.05) is 0 Å². The molecule has 0 bridgehead atoms. The number of methoxy groups -OCH3 is 1. The lowest BCUT2D eigenvalue weighted by atomic mass is 10.1. The van der Waals surface area contributed by atoms with E-state index in [1.54, 1.807) is 31.2 Å². The average molecular weight is 269 g/mol. The van der Waals surface area contributed by atoms with Gasteiger partial charge in [-0.05, 0) is 31.2 Å². The number of carbonyl (C=O) groups excluding carboxylic acids is 2. The molecule has 0 atom stereocenters. The molecule has 0 aromatic heterocycles. The summed E-state index contributed by atoms with van der Waals surface area (Å²) in [5, 5.41) is 0.575. The molecule has 5 heteroatoms. The molecule has 1 rings (SSSR count). The lowest BCUT2D eigenvalue weighted by Crippen LogP contribution is -2.15. The number of esters is 1. The lowest BCUT2D eigenvalue weighted by molar-refractivity contribution is -0.151. The maximum absolute atomic E-state index is 11.5. The van der Waals surface area contributed by atoms with Crippen molar-refractivity contribution < 1.29 is 19.1 Å². The minimum atomic E-state index is -0.902. The van der Waals surface area contributed by atoms with Crippen LogP contribution in [0.15, 0.2) is 30.3 Å². The quantitative estimate of drug-likeness (QED) is 0.356. The Labute approximate surface area is 110 Å². The summed E-state index contributed by atoms with van der Waals surface area (Å²) in [5.41, 5.74) is 0.652. The molecule has 1 aromatic rings. The summed E-state index contributed by atoms with van der Waals surface area (Å²) in [6, 6.07) is 6.71. The van der Waals surface area contributed by atoms with Gasteiger partial charge in [0.25, 0.3) is 5.78 Å². The zero-order valence-electron chi connectivity index (χ0n) is 10.1. The molecule has 18 heavy (non-hydrogen) atoms. The van der Waals surface area contributed by atoms with Crippen LogP contribution in [-0.2, 0) is 19.1 Å². The summed E-state index contributed by atoms with van der Waals surface area (Å²) in [5.74, 6) is -1.38. The maximum Gasteiger partial charge on any atom is 0.379 e. The number of rotatable bonds is 5. The Morgan fingerprint density at radius 1 is 1.28 bits per heavy atom. The zero-order valence-corrected chi connectivity index (χ0v) is 10.9. The molecule has 4 nitrogen and oxygen atoms in total. The van der Waals surface area contributed by atoms with Crippen molar-refractivity contribution in [3.63, 3.8) is 0 Å².